The van der Waals surface area contributed by atoms with Gasteiger partial charge in [-0.05, 0) is 29.8 Å². The van der Waals surface area contributed by atoms with Gasteiger partial charge in [-0.3, -0.25) is 0 Å². The molecule has 0 spiro atoms. The Morgan fingerprint density at radius 3 is 2.39 bits per heavy atom. The molecule has 0 amide bonds. The van der Waals surface area contributed by atoms with E-state index in [2.05, 4.69) is 0 Å². The lowest BCUT2D eigenvalue weighted by Crippen LogP contribution is -1.87. The first-order chi connectivity index (χ1) is 8.61. The van der Waals surface area contributed by atoms with Crippen molar-refractivity contribution in [1.29, 1.82) is 0 Å². The van der Waals surface area contributed by atoms with Crippen LogP contribution in [0.5, 0.6) is 11.5 Å². The van der Waals surface area contributed by atoms with Crippen molar-refractivity contribution in [3.63, 3.8) is 0 Å². The smallest absolute Gasteiger partial charge is 0.147 e. The number of halogens is 4. The molecule has 2 aromatic carbocycles. The van der Waals surface area contributed by atoms with Gasteiger partial charge in [-0.15, -0.1) is 11.6 Å². The second-order valence-corrected chi connectivity index (χ2v) is 5.00. The molecule has 0 fully saturated rings. The van der Waals surface area contributed by atoms with Crippen LogP contribution in [-0.4, -0.2) is 0 Å². The van der Waals surface area contributed by atoms with Crippen LogP contribution in [0.15, 0.2) is 36.4 Å². The van der Waals surface area contributed by atoms with E-state index in [9.17, 15) is 0 Å². The predicted molar refractivity (Wildman–Crippen MR) is 77.5 cm³/mol. The number of hydrogen-bond donors (Lipinski definition) is 0. The van der Waals surface area contributed by atoms with Crippen LogP contribution >= 0.6 is 46.4 Å². The fourth-order valence-corrected chi connectivity index (χ4v) is 2.26. The Balaban J connectivity index is 2.29. The first-order valence-corrected chi connectivity index (χ1v) is 6.75. The Morgan fingerprint density at radius 2 is 1.72 bits per heavy atom. The zero-order chi connectivity index (χ0) is 13.1. The van der Waals surface area contributed by atoms with Crippen molar-refractivity contribution in [2.75, 3.05) is 0 Å². The highest BCUT2D eigenvalue weighted by molar-refractivity contribution is 6.42. The summed E-state index contributed by atoms with van der Waals surface area (Å²) in [6.45, 7) is 0. The summed E-state index contributed by atoms with van der Waals surface area (Å²) in [7, 11) is 0. The molecule has 0 bridgehead atoms. The lowest BCUT2D eigenvalue weighted by Gasteiger charge is -2.09. The molecule has 0 heterocycles. The Hall–Kier alpha value is -0.600. The van der Waals surface area contributed by atoms with E-state index >= 15 is 0 Å². The van der Waals surface area contributed by atoms with Crippen LogP contribution in [0.4, 0.5) is 0 Å². The first-order valence-electron chi connectivity index (χ1n) is 5.08. The molecule has 2 aromatic rings. The highest BCUT2D eigenvalue weighted by Crippen LogP contribution is 2.35. The van der Waals surface area contributed by atoms with Crippen molar-refractivity contribution in [1.82, 2.24) is 0 Å². The van der Waals surface area contributed by atoms with Crippen LogP contribution in [0.1, 0.15) is 5.56 Å². The molecular weight excluding hydrogens is 314 g/mol. The first kappa shape index (κ1) is 13.8. The molecule has 2 rings (SSSR count). The molecule has 1 nitrogen and oxygen atoms in total. The lowest BCUT2D eigenvalue weighted by atomic mass is 10.2. The predicted octanol–water partition coefficient (Wildman–Crippen LogP) is 6.18. The lowest BCUT2D eigenvalue weighted by molar-refractivity contribution is 0.483. The highest BCUT2D eigenvalue weighted by Gasteiger charge is 2.08. The zero-order valence-electron chi connectivity index (χ0n) is 9.09. The minimum atomic E-state index is 0.358. The molecule has 5 heteroatoms. The third kappa shape index (κ3) is 3.04. The maximum atomic E-state index is 6.04. The van der Waals surface area contributed by atoms with Gasteiger partial charge in [0.1, 0.15) is 16.5 Å². The number of hydrogen-bond acceptors (Lipinski definition) is 1. The van der Waals surface area contributed by atoms with Gasteiger partial charge in [0, 0.05) is 10.9 Å². The molecule has 0 N–H and O–H groups in total. The Morgan fingerprint density at radius 1 is 0.944 bits per heavy atom. The van der Waals surface area contributed by atoms with Gasteiger partial charge in [0.2, 0.25) is 0 Å². The normalized spacial score (nSPS) is 10.4. The van der Waals surface area contributed by atoms with Gasteiger partial charge in [-0.25, -0.2) is 0 Å². The summed E-state index contributed by atoms with van der Waals surface area (Å²) >= 11 is 23.7. The number of benzene rings is 2. The van der Waals surface area contributed by atoms with Gasteiger partial charge >= 0.3 is 0 Å². The van der Waals surface area contributed by atoms with E-state index in [-0.39, 0.29) is 0 Å². The number of rotatable bonds is 3. The van der Waals surface area contributed by atoms with E-state index in [0.29, 0.717) is 32.4 Å². The van der Waals surface area contributed by atoms with Crippen molar-refractivity contribution in [2.24, 2.45) is 0 Å². The summed E-state index contributed by atoms with van der Waals surface area (Å²) in [6, 6.07) is 10.5. The van der Waals surface area contributed by atoms with E-state index in [1.54, 1.807) is 30.3 Å². The minimum absolute atomic E-state index is 0.358. The SMILES string of the molecule is ClCc1ccc(Oc2cccc(Cl)c2Cl)cc1Cl. The van der Waals surface area contributed by atoms with E-state index in [4.69, 9.17) is 51.1 Å². The Labute approximate surface area is 125 Å². The fraction of sp³-hybridized carbons (Fsp3) is 0.0769. The molecule has 94 valence electrons. The summed E-state index contributed by atoms with van der Waals surface area (Å²) in [5.41, 5.74) is 0.850. The van der Waals surface area contributed by atoms with Gasteiger partial charge in [0.15, 0.2) is 0 Å². The van der Waals surface area contributed by atoms with Crippen LogP contribution < -0.4 is 4.74 Å². The average molecular weight is 322 g/mol. The molecule has 0 aromatic heterocycles. The van der Waals surface area contributed by atoms with Crippen molar-refractivity contribution in [2.45, 2.75) is 5.88 Å². The summed E-state index contributed by atoms with van der Waals surface area (Å²) < 4.78 is 5.63. The molecule has 0 atom stereocenters. The van der Waals surface area contributed by atoms with Gasteiger partial charge in [0.25, 0.3) is 0 Å². The largest absolute Gasteiger partial charge is 0.456 e. The van der Waals surface area contributed by atoms with Crippen LogP contribution in [-0.2, 0) is 5.88 Å². The van der Waals surface area contributed by atoms with Crippen molar-refractivity contribution in [3.8, 4) is 11.5 Å². The number of ether oxygens (including phenoxy) is 1. The highest BCUT2D eigenvalue weighted by atomic mass is 35.5. The van der Waals surface area contributed by atoms with E-state index in [0.717, 1.165) is 5.56 Å². The Kier molecular flexibility index (Phi) is 4.63. The standard InChI is InChI=1S/C13H8Cl4O/c14-7-8-4-5-9(6-11(8)16)18-12-3-1-2-10(15)13(12)17/h1-6H,7H2. The third-order valence-electron chi connectivity index (χ3n) is 2.31. The second-order valence-electron chi connectivity index (χ2n) is 3.54. The van der Waals surface area contributed by atoms with Gasteiger partial charge in [0.05, 0.1) is 5.02 Å². The third-order valence-corrected chi connectivity index (χ3v) is 3.75. The monoisotopic (exact) mass is 320 g/mol. The van der Waals surface area contributed by atoms with Crippen LogP contribution in [0, 0.1) is 0 Å². The van der Waals surface area contributed by atoms with Gasteiger partial charge in [-0.1, -0.05) is 46.9 Å². The van der Waals surface area contributed by atoms with Crippen LogP contribution in [0.3, 0.4) is 0 Å². The van der Waals surface area contributed by atoms with Gasteiger partial charge in [-0.2, -0.15) is 0 Å². The minimum Gasteiger partial charge on any atom is -0.456 e. The quantitative estimate of drug-likeness (QED) is 0.613. The van der Waals surface area contributed by atoms with Crippen molar-refractivity contribution < 1.29 is 4.74 Å². The Bertz CT molecular complexity index is 569. The molecule has 0 aliphatic rings. The molecule has 0 saturated heterocycles. The maximum absolute atomic E-state index is 6.04. The molecule has 0 aliphatic carbocycles. The van der Waals surface area contributed by atoms with E-state index in [1.165, 1.54) is 0 Å². The van der Waals surface area contributed by atoms with Crippen molar-refractivity contribution in [3.05, 3.63) is 57.0 Å². The number of alkyl halides is 1. The second kappa shape index (κ2) is 6.03. The molecule has 0 saturated carbocycles. The molecule has 0 radical (unpaired) electrons. The topological polar surface area (TPSA) is 9.23 Å². The average Bonchev–Trinajstić information content (AvgIpc) is 2.35. The fourth-order valence-electron chi connectivity index (χ4n) is 1.39. The maximum Gasteiger partial charge on any atom is 0.147 e. The summed E-state index contributed by atoms with van der Waals surface area (Å²) in [4.78, 5) is 0. The van der Waals surface area contributed by atoms with E-state index < -0.39 is 0 Å². The molecular formula is C13H8Cl4O. The molecule has 0 aliphatic heterocycles. The zero-order valence-corrected chi connectivity index (χ0v) is 12.1. The summed E-state index contributed by atoms with van der Waals surface area (Å²) in [5.74, 6) is 1.42. The van der Waals surface area contributed by atoms with Crippen LogP contribution in [0.25, 0.3) is 0 Å². The summed E-state index contributed by atoms with van der Waals surface area (Å²) in [6.07, 6.45) is 0. The van der Waals surface area contributed by atoms with Gasteiger partial charge < -0.3 is 4.74 Å². The molecule has 0 unspecified atom stereocenters. The molecule has 18 heavy (non-hydrogen) atoms. The van der Waals surface area contributed by atoms with Crippen LogP contribution in [0.2, 0.25) is 15.1 Å². The van der Waals surface area contributed by atoms with E-state index in [1.807, 2.05) is 6.07 Å². The van der Waals surface area contributed by atoms with Crippen molar-refractivity contribution >= 4 is 46.4 Å². The summed E-state index contributed by atoms with van der Waals surface area (Å²) in [5, 5.41) is 1.37.